The molecule has 23 nitrogen and oxygen atoms in total. The molecule has 3 aliphatic heterocycles. The molecule has 2 saturated heterocycles. The number of nitrogens with one attached hydrogen (secondary N) is 1. The Kier molecular flexibility index (Phi) is 15.1. The molecule has 4 aromatic heterocycles. The first-order chi connectivity index (χ1) is 32.8. The first kappa shape index (κ1) is 47.8. The third-order valence-electron chi connectivity index (χ3n) is 10.9. The van der Waals surface area contributed by atoms with Gasteiger partial charge in [-0.2, -0.15) is 0 Å². The van der Waals surface area contributed by atoms with E-state index in [9.17, 15) is 33.9 Å². The zero-order valence-electron chi connectivity index (χ0n) is 36.4. The summed E-state index contributed by atoms with van der Waals surface area (Å²) in [6.45, 7) is 3.02. The number of aliphatic hydroxyl groups excluding tert-OH is 2. The number of nitrogens with zero attached hydrogens (tertiary/aromatic N) is 8. The minimum Gasteiger partial charge on any atom is -0.487 e. The number of fused-ring (bicyclic) bond motifs is 2. The van der Waals surface area contributed by atoms with Crippen molar-refractivity contribution in [3.63, 3.8) is 0 Å². The molecular weight excluding hydrogens is 891 g/mol. The van der Waals surface area contributed by atoms with Crippen LogP contribution in [0.25, 0.3) is 32.4 Å². The van der Waals surface area contributed by atoms with E-state index < -0.39 is 47.6 Å². The van der Waals surface area contributed by atoms with Gasteiger partial charge in [-0.3, -0.25) is 28.8 Å². The van der Waals surface area contributed by atoms with Gasteiger partial charge in [-0.15, -0.1) is 11.5 Å². The fraction of sp³-hybridized carbons (Fsp3) is 0.333. The van der Waals surface area contributed by atoms with E-state index >= 15 is 0 Å². The summed E-state index contributed by atoms with van der Waals surface area (Å²) in [5, 5.41) is 32.3. The molecule has 3 aliphatic rings. The van der Waals surface area contributed by atoms with Crippen molar-refractivity contribution in [1.29, 1.82) is 0 Å². The van der Waals surface area contributed by atoms with Gasteiger partial charge in [0.25, 0.3) is 5.56 Å². The number of Topliss-reactive ketones (excluding diaryl/α,β-unsaturated/α-hetero) is 1. The number of aryl methyl sites for hydroxylation is 1. The van der Waals surface area contributed by atoms with E-state index in [1.165, 1.54) is 34.0 Å². The number of carbonyl (C=O) groups excluding carboxylic acids is 2. The van der Waals surface area contributed by atoms with Gasteiger partial charge in [0.05, 0.1) is 44.0 Å². The maximum atomic E-state index is 12.2. The smallest absolute Gasteiger partial charge is 0.336 e. The second-order valence-corrected chi connectivity index (χ2v) is 15.5. The van der Waals surface area contributed by atoms with Gasteiger partial charge in [0, 0.05) is 64.2 Å². The highest BCUT2D eigenvalue weighted by Crippen LogP contribution is 2.36. The number of ether oxygens (including phenoxy) is 4. The van der Waals surface area contributed by atoms with Crippen LogP contribution in [-0.2, 0) is 25.7 Å². The summed E-state index contributed by atoms with van der Waals surface area (Å²) in [5.74, 6) is 3.06. The summed E-state index contributed by atoms with van der Waals surface area (Å²) in [4.78, 5) is 75.6. The molecule has 2 fully saturated rings. The number of aromatic nitrogens is 5. The number of H-pyrrole nitrogens is 1. The van der Waals surface area contributed by atoms with Crippen molar-refractivity contribution in [2.24, 2.45) is 5.11 Å². The van der Waals surface area contributed by atoms with E-state index in [1.54, 1.807) is 73.3 Å². The second-order valence-electron chi connectivity index (χ2n) is 15.5. The molecule has 68 heavy (non-hydrogen) atoms. The minimum atomic E-state index is -0.674. The normalized spacial score (nSPS) is 20.9. The number of carbonyl (C=O) groups is 2. The molecular formula is C45H43N9O14. The Balaban J connectivity index is 0.000000169. The SMILES string of the molecule is C#CCOc1ccc2oc(=O)ccc2c1.CC1=CN(C2CC(N=[N+]=[N-])C(CO)O2)C(=O)CC1=O.Cc1cn(C2CC(n3cc(COc4ccc5oc(=O)ccc5c4)nn3)C(CO)O2)c(=O)[nH]c1=O. The van der Waals surface area contributed by atoms with Crippen LogP contribution < -0.4 is 32.0 Å². The molecule has 1 amide bonds. The topological polar surface area (TPSA) is 310 Å². The van der Waals surface area contributed by atoms with Gasteiger partial charge >= 0.3 is 16.9 Å². The number of terminal acetylenes is 1. The lowest BCUT2D eigenvalue weighted by Gasteiger charge is -2.28. The Morgan fingerprint density at radius 3 is 2.15 bits per heavy atom. The van der Waals surface area contributed by atoms with Crippen molar-refractivity contribution in [1.82, 2.24) is 29.4 Å². The lowest BCUT2D eigenvalue weighted by atomic mass is 10.1. The van der Waals surface area contributed by atoms with Crippen molar-refractivity contribution >= 4 is 33.6 Å². The van der Waals surface area contributed by atoms with Gasteiger partial charge in [-0.05, 0) is 67.9 Å². The fourth-order valence-electron chi connectivity index (χ4n) is 7.43. The number of benzene rings is 2. The van der Waals surface area contributed by atoms with E-state index in [0.29, 0.717) is 52.3 Å². The van der Waals surface area contributed by atoms with Crippen LogP contribution in [0.1, 0.15) is 49.7 Å². The molecule has 0 saturated carbocycles. The number of ketones is 1. The Bertz CT molecular complexity index is 3200. The first-order valence-electron chi connectivity index (χ1n) is 20.9. The van der Waals surface area contributed by atoms with Crippen molar-refractivity contribution in [3.05, 3.63) is 148 Å². The number of rotatable bonds is 11. The van der Waals surface area contributed by atoms with Crippen molar-refractivity contribution < 1.29 is 47.6 Å². The molecule has 0 aliphatic carbocycles. The van der Waals surface area contributed by atoms with Crippen LogP contribution in [0.4, 0.5) is 0 Å². The van der Waals surface area contributed by atoms with Gasteiger partial charge in [0.1, 0.15) is 60.1 Å². The van der Waals surface area contributed by atoms with Crippen LogP contribution in [0.15, 0.2) is 118 Å². The second kappa shape index (κ2) is 21.5. The molecule has 6 atom stereocenters. The van der Waals surface area contributed by atoms with Crippen LogP contribution in [0, 0.1) is 19.3 Å². The first-order valence-corrected chi connectivity index (χ1v) is 20.9. The van der Waals surface area contributed by atoms with Crippen molar-refractivity contribution in [3.8, 4) is 23.8 Å². The molecule has 3 N–H and O–H groups in total. The van der Waals surface area contributed by atoms with Crippen LogP contribution >= 0.6 is 0 Å². The third kappa shape index (κ3) is 11.3. The van der Waals surface area contributed by atoms with Crippen molar-refractivity contribution in [2.45, 2.75) is 76.5 Å². The number of aromatic amines is 1. The number of aliphatic hydroxyl groups is 2. The maximum absolute atomic E-state index is 12.2. The molecule has 7 heterocycles. The molecule has 23 heteroatoms. The van der Waals surface area contributed by atoms with E-state index in [1.807, 2.05) is 0 Å². The zero-order chi connectivity index (χ0) is 48.5. The molecule has 0 bridgehead atoms. The fourth-order valence-corrected chi connectivity index (χ4v) is 7.43. The van der Waals surface area contributed by atoms with E-state index in [-0.39, 0.29) is 56.2 Å². The predicted molar refractivity (Wildman–Crippen MR) is 238 cm³/mol. The molecule has 6 unspecified atom stereocenters. The standard InChI is InChI=1S/C22H21N5O7.C12H8O3.C11H14N4O4/c1-12-8-26(22(31)23-21(12)30)19-7-16(18(10-28)33-19)27-9-14(24-25-27)11-32-15-3-4-17-13(6-15)2-5-20(29)34-17;1-2-7-14-10-4-5-11-9(8-10)3-6-12(13)15-11;1-6-4-15(10(18)3-8(6)17)11-2-7(13-14-12)9(5-16)19-11/h2-6,8-9,16,18-19,28H,7,10-11H2,1H3,(H,23,30,31);1,3-6,8H,7H2;4,7,9,11,16H,2-3,5H2,1H3. The Labute approximate surface area is 383 Å². The summed E-state index contributed by atoms with van der Waals surface area (Å²) in [5.41, 5.74) is 9.05. The predicted octanol–water partition coefficient (Wildman–Crippen LogP) is 2.93. The lowest BCUT2D eigenvalue weighted by molar-refractivity contribution is -0.144. The minimum absolute atomic E-state index is 0.141. The van der Waals surface area contributed by atoms with E-state index in [0.717, 1.165) is 10.8 Å². The summed E-state index contributed by atoms with van der Waals surface area (Å²) in [6, 6.07) is 15.4. The van der Waals surface area contributed by atoms with Crippen LogP contribution in [0.5, 0.6) is 11.5 Å². The summed E-state index contributed by atoms with van der Waals surface area (Å²) >= 11 is 0. The largest absolute Gasteiger partial charge is 0.487 e. The monoisotopic (exact) mass is 933 g/mol. The highest BCUT2D eigenvalue weighted by atomic mass is 16.5. The number of hydrogen-bond donors (Lipinski definition) is 3. The van der Waals surface area contributed by atoms with Gasteiger partial charge < -0.3 is 38.0 Å². The number of amides is 1. The number of allylic oxidation sites excluding steroid dienone is 1. The highest BCUT2D eigenvalue weighted by molar-refractivity contribution is 6.09. The average molecular weight is 934 g/mol. The summed E-state index contributed by atoms with van der Waals surface area (Å²) in [6.07, 6.45) is 7.60. The molecule has 9 rings (SSSR count). The quantitative estimate of drug-likeness (QED) is 0.0420. The van der Waals surface area contributed by atoms with Crippen LogP contribution in [0.2, 0.25) is 0 Å². The summed E-state index contributed by atoms with van der Waals surface area (Å²) in [7, 11) is 0. The van der Waals surface area contributed by atoms with Crippen LogP contribution in [-0.4, -0.2) is 95.6 Å². The number of hydrogen-bond acceptors (Lipinski definition) is 17. The van der Waals surface area contributed by atoms with Gasteiger partial charge in [-0.1, -0.05) is 16.2 Å². The third-order valence-corrected chi connectivity index (χ3v) is 10.9. The Morgan fingerprint density at radius 1 is 0.868 bits per heavy atom. The Hall–Kier alpha value is -8.13. The lowest BCUT2D eigenvalue weighted by Crippen LogP contribution is -2.40. The van der Waals surface area contributed by atoms with E-state index in [4.69, 9.17) is 44.8 Å². The average Bonchev–Trinajstić information content (AvgIpc) is 4.09. The van der Waals surface area contributed by atoms with E-state index in [2.05, 4.69) is 31.2 Å². The van der Waals surface area contributed by atoms with Gasteiger partial charge in [0.2, 0.25) is 5.91 Å². The zero-order valence-corrected chi connectivity index (χ0v) is 36.4. The van der Waals surface area contributed by atoms with Gasteiger partial charge in [-0.25, -0.2) is 19.1 Å². The number of azide groups is 1. The molecule has 0 spiro atoms. The van der Waals surface area contributed by atoms with Crippen LogP contribution in [0.3, 0.4) is 0 Å². The maximum Gasteiger partial charge on any atom is 0.336 e. The van der Waals surface area contributed by atoms with Crippen molar-refractivity contribution in [2.75, 3.05) is 19.8 Å². The summed E-state index contributed by atoms with van der Waals surface area (Å²) < 4.78 is 35.4. The molecule has 6 aromatic rings. The van der Waals surface area contributed by atoms with Gasteiger partial charge in [0.15, 0.2) is 5.78 Å². The molecule has 2 aromatic carbocycles. The highest BCUT2D eigenvalue weighted by Gasteiger charge is 2.41. The Morgan fingerprint density at radius 2 is 1.51 bits per heavy atom. The molecule has 0 radical (unpaired) electrons. The molecule has 352 valence electrons.